The van der Waals surface area contributed by atoms with Gasteiger partial charge in [-0.2, -0.15) is 13.2 Å². The Hall–Kier alpha value is -5.14. The van der Waals surface area contributed by atoms with Gasteiger partial charge in [0.15, 0.2) is 0 Å². The van der Waals surface area contributed by atoms with Crippen molar-refractivity contribution in [1.29, 1.82) is 0 Å². The number of alkyl halides is 3. The summed E-state index contributed by atoms with van der Waals surface area (Å²) in [7, 11) is 0. The maximum Gasteiger partial charge on any atom is 0.389 e. The first-order chi connectivity index (χ1) is 22.4. The second-order valence-corrected chi connectivity index (χ2v) is 10.0. The third-order valence-electron chi connectivity index (χ3n) is 6.43. The lowest BCUT2D eigenvalue weighted by Gasteiger charge is -2.13. The van der Waals surface area contributed by atoms with Crippen molar-refractivity contribution in [1.82, 2.24) is 0 Å². The fraction of sp³-hybridized carbons (Fsp3) is 0.265. The molecule has 0 aromatic heterocycles. The van der Waals surface area contributed by atoms with Crippen molar-refractivity contribution in [3.8, 4) is 28.4 Å². The normalized spacial score (nSPS) is 10.9. The van der Waals surface area contributed by atoms with Gasteiger partial charge < -0.3 is 33.9 Å². The maximum absolute atomic E-state index is 12.7. The maximum atomic E-state index is 12.7. The molecule has 250 valence electrons. The number of rotatable bonds is 17. The van der Waals surface area contributed by atoms with E-state index in [0.29, 0.717) is 24.0 Å². The Morgan fingerprint density at radius 1 is 0.681 bits per heavy atom. The van der Waals surface area contributed by atoms with Gasteiger partial charge in [0.2, 0.25) is 13.6 Å². The van der Waals surface area contributed by atoms with E-state index < -0.39 is 57.3 Å². The van der Waals surface area contributed by atoms with E-state index in [1.165, 1.54) is 6.07 Å². The van der Waals surface area contributed by atoms with Crippen molar-refractivity contribution in [3.63, 3.8) is 0 Å². The van der Waals surface area contributed by atoms with E-state index in [0.717, 1.165) is 5.56 Å². The summed E-state index contributed by atoms with van der Waals surface area (Å²) in [5.74, 6) is -1.68. The van der Waals surface area contributed by atoms with Crippen LogP contribution in [-0.2, 0) is 25.5 Å². The molecule has 3 rings (SSSR count). The lowest BCUT2D eigenvalue weighted by Crippen LogP contribution is -2.14. The van der Waals surface area contributed by atoms with Gasteiger partial charge in [-0.25, -0.2) is 14.4 Å². The molecule has 0 aliphatic heterocycles. The highest BCUT2D eigenvalue weighted by Crippen LogP contribution is 2.31. The summed E-state index contributed by atoms with van der Waals surface area (Å²) in [5, 5.41) is 18.0. The monoisotopic (exact) mass is 658 g/mol. The van der Waals surface area contributed by atoms with Crippen LogP contribution in [0.1, 0.15) is 35.2 Å². The Morgan fingerprint density at radius 3 is 1.70 bits per heavy atom. The van der Waals surface area contributed by atoms with E-state index in [9.17, 15) is 27.6 Å². The Labute approximate surface area is 268 Å². The van der Waals surface area contributed by atoms with E-state index in [2.05, 4.69) is 13.2 Å². The average molecular weight is 659 g/mol. The highest BCUT2D eigenvalue weighted by atomic mass is 19.4. The second kappa shape index (κ2) is 17.5. The van der Waals surface area contributed by atoms with E-state index in [-0.39, 0.29) is 40.4 Å². The summed E-state index contributed by atoms with van der Waals surface area (Å²) in [5.41, 5.74) is 1.95. The SMILES string of the molecule is C=C(CO)C(=O)OCOc1cc(OCOC(=O)C(=C)CO)cc(-c2ccc(OC(=O)c3ccc(CCCCC(F)(F)F)cc3)cc2)c1. The molecule has 10 nitrogen and oxygen atoms in total. The van der Waals surface area contributed by atoms with Crippen LogP contribution in [-0.4, -0.2) is 61.1 Å². The van der Waals surface area contributed by atoms with E-state index >= 15 is 0 Å². The molecule has 0 heterocycles. The first kappa shape index (κ1) is 36.3. The molecule has 0 aliphatic rings. The highest BCUT2D eigenvalue weighted by Gasteiger charge is 2.25. The van der Waals surface area contributed by atoms with Crippen LogP contribution in [0.15, 0.2) is 91.0 Å². The number of unbranched alkanes of at least 4 members (excludes halogenated alkanes) is 1. The number of halogens is 3. The summed E-state index contributed by atoms with van der Waals surface area (Å²) in [4.78, 5) is 36.2. The molecule has 3 aromatic carbocycles. The molecule has 0 amide bonds. The number of carbonyl (C=O) groups is 3. The summed E-state index contributed by atoms with van der Waals surface area (Å²) in [6, 6.07) is 17.5. The molecular weight excluding hydrogens is 625 g/mol. The van der Waals surface area contributed by atoms with Gasteiger partial charge in [0.25, 0.3) is 0 Å². The van der Waals surface area contributed by atoms with Crippen LogP contribution < -0.4 is 14.2 Å². The third-order valence-corrected chi connectivity index (χ3v) is 6.43. The second-order valence-electron chi connectivity index (χ2n) is 10.0. The molecular formula is C34H33F3O10. The van der Waals surface area contributed by atoms with Crippen LogP contribution in [0.25, 0.3) is 11.1 Å². The van der Waals surface area contributed by atoms with Gasteiger partial charge in [0, 0.05) is 12.5 Å². The molecule has 0 unspecified atom stereocenters. The number of aliphatic hydroxyl groups excluding tert-OH is 2. The number of carbonyl (C=O) groups excluding carboxylic acids is 3. The van der Waals surface area contributed by atoms with Crippen molar-refractivity contribution in [2.75, 3.05) is 26.8 Å². The Bertz CT molecular complexity index is 1500. The first-order valence-electron chi connectivity index (χ1n) is 14.2. The zero-order valence-corrected chi connectivity index (χ0v) is 25.2. The Balaban J connectivity index is 1.67. The summed E-state index contributed by atoms with van der Waals surface area (Å²) < 4.78 is 63.3. The molecule has 0 saturated heterocycles. The summed E-state index contributed by atoms with van der Waals surface area (Å²) in [6.07, 6.45) is -4.14. The minimum Gasteiger partial charge on any atom is -0.457 e. The van der Waals surface area contributed by atoms with Crippen LogP contribution in [0.5, 0.6) is 17.2 Å². The van der Waals surface area contributed by atoms with Crippen molar-refractivity contribution in [3.05, 3.63) is 102 Å². The van der Waals surface area contributed by atoms with Crippen molar-refractivity contribution in [2.45, 2.75) is 31.9 Å². The predicted molar refractivity (Wildman–Crippen MR) is 163 cm³/mol. The van der Waals surface area contributed by atoms with Crippen molar-refractivity contribution < 1.29 is 61.5 Å². The molecule has 2 N–H and O–H groups in total. The lowest BCUT2D eigenvalue weighted by atomic mass is 10.0. The number of hydrogen-bond acceptors (Lipinski definition) is 10. The number of ether oxygens (including phenoxy) is 5. The number of benzene rings is 3. The molecule has 0 atom stereocenters. The van der Waals surface area contributed by atoms with Gasteiger partial charge in [-0.1, -0.05) is 37.4 Å². The molecule has 0 bridgehead atoms. The average Bonchev–Trinajstić information content (AvgIpc) is 3.05. The van der Waals surface area contributed by atoms with Gasteiger partial charge in [-0.15, -0.1) is 0 Å². The topological polar surface area (TPSA) is 138 Å². The molecule has 0 aliphatic carbocycles. The third kappa shape index (κ3) is 12.3. The highest BCUT2D eigenvalue weighted by molar-refractivity contribution is 5.91. The number of aliphatic hydroxyl groups is 2. The first-order valence-corrected chi connectivity index (χ1v) is 14.2. The zero-order valence-electron chi connectivity index (χ0n) is 25.2. The van der Waals surface area contributed by atoms with Gasteiger partial charge in [0.1, 0.15) is 17.2 Å². The molecule has 0 spiro atoms. The molecule has 47 heavy (non-hydrogen) atoms. The fourth-order valence-electron chi connectivity index (χ4n) is 3.88. The summed E-state index contributed by atoms with van der Waals surface area (Å²) >= 11 is 0. The Morgan fingerprint density at radius 2 is 1.21 bits per heavy atom. The van der Waals surface area contributed by atoms with Crippen LogP contribution >= 0.6 is 0 Å². The molecule has 0 fully saturated rings. The van der Waals surface area contributed by atoms with Gasteiger partial charge in [-0.05, 0) is 72.4 Å². The van der Waals surface area contributed by atoms with Crippen molar-refractivity contribution >= 4 is 17.9 Å². The molecule has 13 heteroatoms. The largest absolute Gasteiger partial charge is 0.457 e. The minimum absolute atomic E-state index is 0.0314. The van der Waals surface area contributed by atoms with Gasteiger partial charge in [-0.3, -0.25) is 0 Å². The zero-order chi connectivity index (χ0) is 34.4. The fourth-order valence-corrected chi connectivity index (χ4v) is 3.88. The van der Waals surface area contributed by atoms with Crippen LogP contribution in [0, 0.1) is 0 Å². The summed E-state index contributed by atoms with van der Waals surface area (Å²) in [6.45, 7) is 4.56. The van der Waals surface area contributed by atoms with E-state index in [1.807, 2.05) is 0 Å². The number of hydrogen-bond donors (Lipinski definition) is 2. The quantitative estimate of drug-likeness (QED) is 0.0611. The molecule has 0 radical (unpaired) electrons. The Kier molecular flexibility index (Phi) is 13.5. The van der Waals surface area contributed by atoms with Crippen LogP contribution in [0.4, 0.5) is 13.2 Å². The predicted octanol–water partition coefficient (Wildman–Crippen LogP) is 5.70. The van der Waals surface area contributed by atoms with Gasteiger partial charge in [0.05, 0.1) is 29.9 Å². The minimum atomic E-state index is -4.17. The number of aryl methyl sites for hydroxylation is 1. The van der Waals surface area contributed by atoms with E-state index in [4.69, 9.17) is 33.9 Å². The van der Waals surface area contributed by atoms with Gasteiger partial charge >= 0.3 is 24.1 Å². The molecule has 3 aromatic rings. The number of esters is 3. The van der Waals surface area contributed by atoms with Crippen LogP contribution in [0.2, 0.25) is 0 Å². The van der Waals surface area contributed by atoms with Crippen LogP contribution in [0.3, 0.4) is 0 Å². The van der Waals surface area contributed by atoms with Crippen molar-refractivity contribution in [2.24, 2.45) is 0 Å². The smallest absolute Gasteiger partial charge is 0.389 e. The lowest BCUT2D eigenvalue weighted by molar-refractivity contribution is -0.146. The van der Waals surface area contributed by atoms with E-state index in [1.54, 1.807) is 60.7 Å². The molecule has 0 saturated carbocycles. The standard InChI is InChI=1S/C34H33F3O10/c1-22(18-38)31(40)45-20-43-29-15-27(16-30(17-29)44-21-46-32(41)23(2)19-39)25-10-12-28(13-11-25)47-33(42)26-8-6-24(7-9-26)5-3-4-14-34(35,36)37/h6-13,15-17,38-39H,1-5,14,18-21H2.